The lowest BCUT2D eigenvalue weighted by Gasteiger charge is -2.26. The average molecular weight is 270 g/mol. The van der Waals surface area contributed by atoms with E-state index in [2.05, 4.69) is 16.4 Å². The van der Waals surface area contributed by atoms with Crippen molar-refractivity contribution in [2.75, 3.05) is 6.54 Å². The van der Waals surface area contributed by atoms with Crippen LogP contribution < -0.4 is 10.1 Å². The van der Waals surface area contributed by atoms with Crippen molar-refractivity contribution in [3.8, 4) is 5.75 Å². The Bertz CT molecular complexity index is 590. The molecular weight excluding hydrogens is 252 g/mol. The number of hydrogen-bond acceptors (Lipinski definition) is 3. The zero-order valence-electron chi connectivity index (χ0n) is 11.6. The Balaban J connectivity index is 1.85. The van der Waals surface area contributed by atoms with E-state index >= 15 is 0 Å². The third-order valence-electron chi connectivity index (χ3n) is 3.64. The molecule has 0 unspecified atom stereocenters. The van der Waals surface area contributed by atoms with E-state index in [9.17, 15) is 4.79 Å². The van der Waals surface area contributed by atoms with Crippen molar-refractivity contribution in [2.24, 2.45) is 4.99 Å². The molecule has 0 saturated heterocycles. The predicted octanol–water partition coefficient (Wildman–Crippen LogP) is 2.55. The summed E-state index contributed by atoms with van der Waals surface area (Å²) in [5.74, 6) is 1.44. The summed E-state index contributed by atoms with van der Waals surface area (Å²) in [7, 11) is 0. The molecule has 1 aromatic rings. The number of nitrogens with zero attached hydrogens (tertiary/aromatic N) is 1. The number of nitrogens with one attached hydrogen (secondary N) is 1. The number of aryl methyl sites for hydroxylation is 1. The zero-order valence-corrected chi connectivity index (χ0v) is 11.6. The van der Waals surface area contributed by atoms with Gasteiger partial charge in [0.15, 0.2) is 0 Å². The molecule has 3 rings (SSSR count). The second-order valence-electron chi connectivity index (χ2n) is 5.19. The Labute approximate surface area is 118 Å². The number of aliphatic imine (C=N–C) groups is 1. The molecule has 1 N–H and O–H groups in total. The fourth-order valence-electron chi connectivity index (χ4n) is 2.77. The van der Waals surface area contributed by atoms with E-state index in [4.69, 9.17) is 4.74 Å². The van der Waals surface area contributed by atoms with Crippen molar-refractivity contribution < 1.29 is 9.53 Å². The maximum absolute atomic E-state index is 11.3. The van der Waals surface area contributed by atoms with Gasteiger partial charge in [-0.25, -0.2) is 4.99 Å². The second kappa shape index (κ2) is 5.49. The van der Waals surface area contributed by atoms with E-state index in [0.717, 1.165) is 25.0 Å². The molecule has 0 aromatic heterocycles. The molecule has 0 saturated carbocycles. The van der Waals surface area contributed by atoms with Crippen molar-refractivity contribution in [3.05, 3.63) is 41.5 Å². The maximum Gasteiger partial charge on any atom is 0.217 e. The Morgan fingerprint density at radius 1 is 1.45 bits per heavy atom. The highest BCUT2D eigenvalue weighted by atomic mass is 16.5. The van der Waals surface area contributed by atoms with Gasteiger partial charge in [-0.05, 0) is 48.6 Å². The quantitative estimate of drug-likeness (QED) is 0.898. The van der Waals surface area contributed by atoms with Gasteiger partial charge in [-0.3, -0.25) is 4.79 Å². The second-order valence-corrected chi connectivity index (χ2v) is 5.19. The highest BCUT2D eigenvalue weighted by Gasteiger charge is 2.21. The van der Waals surface area contributed by atoms with Gasteiger partial charge in [0.05, 0.1) is 12.6 Å². The van der Waals surface area contributed by atoms with Crippen LogP contribution in [0.1, 0.15) is 36.9 Å². The van der Waals surface area contributed by atoms with E-state index in [1.807, 2.05) is 24.3 Å². The molecule has 4 heteroatoms. The van der Waals surface area contributed by atoms with E-state index in [1.165, 1.54) is 11.1 Å². The monoisotopic (exact) mass is 270 g/mol. The first-order valence-electron chi connectivity index (χ1n) is 7.01. The minimum absolute atomic E-state index is 0.0114. The molecule has 1 aliphatic heterocycles. The molecule has 1 heterocycles. The standard InChI is InChI=1S/C16H18N2O2/c1-11(19)18-15-5-2-4-12-7-8-13(10-14(12)15)20-16-6-3-9-17-16/h3,6-8,10,15H,2,4-5,9H2,1H3,(H,18,19)/t15-/m1/s1. The van der Waals surface area contributed by atoms with E-state index in [-0.39, 0.29) is 11.9 Å². The number of amides is 1. The third kappa shape index (κ3) is 2.74. The SMILES string of the molecule is CC(=O)N[C@@H]1CCCc2ccc(OC3=NCC=C3)cc21. The van der Waals surface area contributed by atoms with E-state index in [0.29, 0.717) is 12.4 Å². The van der Waals surface area contributed by atoms with Gasteiger partial charge in [-0.2, -0.15) is 0 Å². The van der Waals surface area contributed by atoms with Crippen molar-refractivity contribution in [1.29, 1.82) is 0 Å². The van der Waals surface area contributed by atoms with Crippen molar-refractivity contribution >= 4 is 11.8 Å². The van der Waals surface area contributed by atoms with Crippen LogP contribution in [0.2, 0.25) is 0 Å². The van der Waals surface area contributed by atoms with Crippen LogP contribution in [0.15, 0.2) is 35.3 Å². The number of fused-ring (bicyclic) bond motifs is 1. The molecule has 1 aliphatic carbocycles. The lowest BCUT2D eigenvalue weighted by molar-refractivity contribution is -0.119. The molecule has 104 valence electrons. The molecule has 20 heavy (non-hydrogen) atoms. The van der Waals surface area contributed by atoms with Crippen LogP contribution in [-0.2, 0) is 11.2 Å². The predicted molar refractivity (Wildman–Crippen MR) is 78.0 cm³/mol. The van der Waals surface area contributed by atoms with Gasteiger partial charge in [-0.15, -0.1) is 0 Å². The summed E-state index contributed by atoms with van der Waals surface area (Å²) in [6, 6.07) is 6.20. The molecule has 1 amide bonds. The van der Waals surface area contributed by atoms with Crippen molar-refractivity contribution in [1.82, 2.24) is 5.32 Å². The van der Waals surface area contributed by atoms with Crippen LogP contribution in [0.25, 0.3) is 0 Å². The van der Waals surface area contributed by atoms with Gasteiger partial charge < -0.3 is 10.1 Å². The molecule has 1 atom stereocenters. The van der Waals surface area contributed by atoms with Gasteiger partial charge >= 0.3 is 0 Å². The average Bonchev–Trinajstić information content (AvgIpc) is 2.92. The highest BCUT2D eigenvalue weighted by Crippen LogP contribution is 2.32. The number of carbonyl (C=O) groups excluding carboxylic acids is 1. The Kier molecular flexibility index (Phi) is 3.54. The minimum Gasteiger partial charge on any atom is -0.439 e. The Hall–Kier alpha value is -2.10. The van der Waals surface area contributed by atoms with E-state index < -0.39 is 0 Å². The van der Waals surface area contributed by atoms with E-state index in [1.54, 1.807) is 6.92 Å². The van der Waals surface area contributed by atoms with Gasteiger partial charge in [0.2, 0.25) is 11.8 Å². The first-order valence-corrected chi connectivity index (χ1v) is 7.01. The molecule has 0 spiro atoms. The summed E-state index contributed by atoms with van der Waals surface area (Å²) in [5, 5.41) is 3.02. The topological polar surface area (TPSA) is 50.7 Å². The molecular formula is C16H18N2O2. The third-order valence-corrected chi connectivity index (χ3v) is 3.64. The van der Waals surface area contributed by atoms with Crippen molar-refractivity contribution in [2.45, 2.75) is 32.2 Å². The van der Waals surface area contributed by atoms with Crippen LogP contribution >= 0.6 is 0 Å². The van der Waals surface area contributed by atoms with Crippen LogP contribution in [0.3, 0.4) is 0 Å². The van der Waals surface area contributed by atoms with Crippen LogP contribution in [-0.4, -0.2) is 18.3 Å². The molecule has 1 aromatic carbocycles. The summed E-state index contributed by atoms with van der Waals surface area (Å²) >= 11 is 0. The van der Waals surface area contributed by atoms with Gasteiger partial charge in [0, 0.05) is 6.92 Å². The number of hydrogen-bond donors (Lipinski definition) is 1. The smallest absolute Gasteiger partial charge is 0.217 e. The van der Waals surface area contributed by atoms with Crippen LogP contribution in [0.5, 0.6) is 5.75 Å². The summed E-state index contributed by atoms with van der Waals surface area (Å²) in [6.07, 6.45) is 7.00. The number of ether oxygens (including phenoxy) is 1. The summed E-state index contributed by atoms with van der Waals surface area (Å²) in [4.78, 5) is 15.5. The molecule has 2 aliphatic rings. The van der Waals surface area contributed by atoms with Crippen LogP contribution in [0.4, 0.5) is 0 Å². The Morgan fingerprint density at radius 3 is 3.10 bits per heavy atom. The van der Waals surface area contributed by atoms with Gasteiger partial charge in [0.1, 0.15) is 5.75 Å². The highest BCUT2D eigenvalue weighted by molar-refractivity contribution is 5.91. The van der Waals surface area contributed by atoms with Crippen molar-refractivity contribution in [3.63, 3.8) is 0 Å². The normalized spacial score (nSPS) is 20.2. The number of benzene rings is 1. The van der Waals surface area contributed by atoms with Crippen LogP contribution in [0, 0.1) is 0 Å². The summed E-state index contributed by atoms with van der Waals surface area (Å²) in [5.41, 5.74) is 2.47. The van der Waals surface area contributed by atoms with Gasteiger partial charge in [-0.1, -0.05) is 12.1 Å². The summed E-state index contributed by atoms with van der Waals surface area (Å²) in [6.45, 7) is 2.25. The molecule has 0 radical (unpaired) electrons. The summed E-state index contributed by atoms with van der Waals surface area (Å²) < 4.78 is 5.75. The fourth-order valence-corrected chi connectivity index (χ4v) is 2.77. The minimum atomic E-state index is 0.0114. The van der Waals surface area contributed by atoms with Gasteiger partial charge in [0.25, 0.3) is 0 Å². The molecule has 0 bridgehead atoms. The lowest BCUT2D eigenvalue weighted by atomic mass is 9.87. The maximum atomic E-state index is 11.3. The molecule has 4 nitrogen and oxygen atoms in total. The zero-order chi connectivity index (χ0) is 13.9. The Morgan fingerprint density at radius 2 is 2.35 bits per heavy atom. The first kappa shape index (κ1) is 12.9. The molecule has 0 fully saturated rings. The fraction of sp³-hybridized carbons (Fsp3) is 0.375. The first-order chi connectivity index (χ1) is 9.72. The number of carbonyl (C=O) groups is 1. The lowest BCUT2D eigenvalue weighted by Crippen LogP contribution is -2.29. The largest absolute Gasteiger partial charge is 0.439 e. The number of rotatable bonds is 2.